The molecule has 0 radical (unpaired) electrons. The van der Waals surface area contributed by atoms with Crippen molar-refractivity contribution in [3.63, 3.8) is 0 Å². The van der Waals surface area contributed by atoms with Crippen molar-refractivity contribution < 1.29 is 18.4 Å². The molecule has 4 aliphatic heterocycles. The van der Waals surface area contributed by atoms with E-state index in [1.807, 2.05) is 0 Å². The molecule has 0 saturated carbocycles. The fraction of sp³-hybridized carbons (Fsp3) is 0.333. The molecule has 0 aliphatic carbocycles. The van der Waals surface area contributed by atoms with E-state index in [9.17, 15) is 4.12 Å². The van der Waals surface area contributed by atoms with Gasteiger partial charge >= 0.3 is 8.88 Å². The van der Waals surface area contributed by atoms with Crippen LogP contribution in [-0.2, 0) is 4.12 Å². The zero-order valence-corrected chi connectivity index (χ0v) is 79.9. The molecule has 1 unspecified atom stereocenters. The van der Waals surface area contributed by atoms with Gasteiger partial charge in [0, 0.05) is 91.8 Å². The first-order valence-electron chi connectivity index (χ1n) is 44.9. The van der Waals surface area contributed by atoms with E-state index >= 15 is 4.80 Å². The second-order valence-electron chi connectivity index (χ2n) is 32.3. The van der Waals surface area contributed by atoms with E-state index in [1.54, 1.807) is 70.6 Å². The van der Waals surface area contributed by atoms with Gasteiger partial charge in [-0.15, -0.1) is 0 Å². The van der Waals surface area contributed by atoms with Gasteiger partial charge in [0.15, 0.2) is 31.7 Å². The van der Waals surface area contributed by atoms with Crippen LogP contribution in [0.1, 0.15) is 211 Å². The molecule has 0 spiro atoms. The summed E-state index contributed by atoms with van der Waals surface area (Å²) in [5, 5.41) is 2.84. The van der Waals surface area contributed by atoms with Crippen molar-refractivity contribution in [1.82, 2.24) is 8.47 Å². The third-order valence-electron chi connectivity index (χ3n) is 23.2. The van der Waals surface area contributed by atoms with Crippen LogP contribution in [-0.4, -0.2) is 67.0 Å². The fourth-order valence-electron chi connectivity index (χ4n) is 17.1. The largest absolute Gasteiger partial charge is 0.589 e. The lowest BCUT2D eigenvalue weighted by Crippen LogP contribution is -2.66. The first kappa shape index (κ1) is 88.5. The quantitative estimate of drug-likeness (QED) is 0.0291. The summed E-state index contributed by atoms with van der Waals surface area (Å²) in [6.45, 7) is 12.3. The summed E-state index contributed by atoms with van der Waals surface area (Å²) >= 11 is 14.5. The maximum atomic E-state index is 17.5. The molecular formula is C102H111BrN8O4S6Si2. The number of benzene rings is 10. The van der Waals surface area contributed by atoms with Crippen LogP contribution in [0.3, 0.4) is 0 Å². The molecule has 6 heterocycles. The molecule has 1 atom stereocenters. The highest BCUT2D eigenvalue weighted by Crippen LogP contribution is 2.56. The molecule has 1 N–H and O–H groups in total. The van der Waals surface area contributed by atoms with Gasteiger partial charge in [0.1, 0.15) is 34.1 Å². The molecule has 0 amide bonds. The Balaban J connectivity index is 1.15. The fourth-order valence-corrected chi connectivity index (χ4v) is 33.1. The van der Waals surface area contributed by atoms with Crippen LogP contribution in [0.15, 0.2) is 318 Å². The minimum atomic E-state index is -5.49. The molecule has 21 heteroatoms. The minimum absolute atomic E-state index is 0.389. The third-order valence-corrected chi connectivity index (χ3v) is 38.8. The molecule has 0 fully saturated rings. The Kier molecular flexibility index (Phi) is 31.0. The Morgan fingerprint density at radius 1 is 0.317 bits per heavy atom. The predicted molar refractivity (Wildman–Crippen MR) is 526 cm³/mol. The topological polar surface area (TPSA) is 132 Å². The molecule has 12 nitrogen and oxygen atoms in total. The number of amidine groups is 4. The van der Waals surface area contributed by atoms with Gasteiger partial charge in [-0.3, -0.25) is 8.47 Å². The first-order chi connectivity index (χ1) is 60.6. The maximum absolute atomic E-state index is 17.5. The van der Waals surface area contributed by atoms with Crippen LogP contribution in [0.2, 0.25) is 18.1 Å². The Hall–Kier alpha value is -7.91. The summed E-state index contributed by atoms with van der Waals surface area (Å²) in [5.41, 5.74) is 4.23. The summed E-state index contributed by atoms with van der Waals surface area (Å²) in [6, 6.07) is 82.1. The first-order valence-corrected chi connectivity index (χ1v) is 54.9. The van der Waals surface area contributed by atoms with Crippen molar-refractivity contribution in [2.24, 2.45) is 30.0 Å². The molecule has 12 aromatic rings. The van der Waals surface area contributed by atoms with Gasteiger partial charge in [-0.1, -0.05) is 356 Å². The van der Waals surface area contributed by atoms with E-state index in [1.165, 1.54) is 12.8 Å². The lowest BCUT2D eigenvalue weighted by atomic mass is 10.1. The highest BCUT2D eigenvalue weighted by atomic mass is 79.9. The van der Waals surface area contributed by atoms with Crippen molar-refractivity contribution in [1.29, 1.82) is 0 Å². The van der Waals surface area contributed by atoms with E-state index in [2.05, 4.69) is 283 Å². The van der Waals surface area contributed by atoms with Crippen molar-refractivity contribution in [3.8, 4) is 11.5 Å². The third kappa shape index (κ3) is 20.6. The lowest BCUT2D eigenvalue weighted by Gasteiger charge is -2.40. The number of aliphatic imine (C=N–C) groups is 4. The van der Waals surface area contributed by atoms with Crippen LogP contribution in [0, 0.1) is 0 Å². The zero-order chi connectivity index (χ0) is 84.3. The van der Waals surface area contributed by atoms with E-state index in [0.717, 1.165) is 251 Å². The average molecular weight is 1840 g/mol. The van der Waals surface area contributed by atoms with Gasteiger partial charge < -0.3 is 18.4 Å². The Morgan fingerprint density at radius 2 is 0.610 bits per heavy atom. The number of rotatable bonds is 45. The van der Waals surface area contributed by atoms with Crippen molar-refractivity contribution >= 4 is 160 Å². The summed E-state index contributed by atoms with van der Waals surface area (Å²) in [4.78, 5) is 67.2. The van der Waals surface area contributed by atoms with Gasteiger partial charge in [-0.05, 0) is 162 Å². The van der Waals surface area contributed by atoms with Crippen LogP contribution < -0.4 is 20.4 Å². The number of ether oxygens (including phenoxy) is 2. The van der Waals surface area contributed by atoms with Crippen LogP contribution in [0.25, 0.3) is 21.5 Å². The molecule has 2 aromatic heterocycles. The van der Waals surface area contributed by atoms with Crippen molar-refractivity contribution in [2.45, 2.75) is 266 Å². The number of nitrogens with zero attached hydrogens (tertiary/aromatic N) is 8. The molecule has 123 heavy (non-hydrogen) atoms. The summed E-state index contributed by atoms with van der Waals surface area (Å²) in [6.07, 6.45) is 25.4. The highest BCUT2D eigenvalue weighted by Gasteiger charge is 2.56. The Morgan fingerprint density at radius 3 is 0.959 bits per heavy atom. The van der Waals surface area contributed by atoms with E-state index in [-0.39, 0.29) is 0 Å². The zero-order valence-electron chi connectivity index (χ0n) is 71.4. The Bertz CT molecular complexity index is 5800. The van der Waals surface area contributed by atoms with Crippen molar-refractivity contribution in [2.75, 3.05) is 13.2 Å². The lowest BCUT2D eigenvalue weighted by molar-refractivity contribution is 0.300. The molecular weight excluding hydrogens is 1730 g/mol. The van der Waals surface area contributed by atoms with E-state index in [4.69, 9.17) is 39.4 Å². The van der Waals surface area contributed by atoms with Gasteiger partial charge in [0.05, 0.1) is 28.5 Å². The average Bonchev–Trinajstić information content (AvgIpc) is 1.52. The SMILES string of the molecule is CCCCCCCCOc1cc(Br)c(OCCCCCCCC)c2c3n4c(c12)N=C1N=C(N=c2c5c(Sc6ccccc6)ccc(Sc6ccccc6)c5c(n2[Si]4(O)O[Si](CCCCCC)(CCCCCC)CCCCCC)=NC2=NC(=N3)c3c(Sc4ccccc4)ccc(Sc4ccccc4)c32)c2c(Sc3ccccc3)ccc(Sc3ccccc3)c21. The number of hydrogen-bond acceptors (Lipinski definition) is 16. The molecule has 6 bridgehead atoms. The van der Waals surface area contributed by atoms with E-state index in [0.29, 0.717) is 85.9 Å². The van der Waals surface area contributed by atoms with Crippen LogP contribution >= 0.6 is 86.5 Å². The van der Waals surface area contributed by atoms with E-state index < -0.39 is 17.2 Å². The number of aromatic nitrogens is 2. The summed E-state index contributed by atoms with van der Waals surface area (Å²) in [7, 11) is -8.87. The molecule has 0 saturated heterocycles. The summed E-state index contributed by atoms with van der Waals surface area (Å²) in [5.74, 6) is 3.70. The summed E-state index contributed by atoms with van der Waals surface area (Å²) < 4.78 is 29.5. The van der Waals surface area contributed by atoms with Crippen LogP contribution in [0.4, 0.5) is 11.6 Å². The van der Waals surface area contributed by atoms with Crippen molar-refractivity contribution in [3.05, 3.63) is 262 Å². The second kappa shape index (κ2) is 43.1. The smallest absolute Gasteiger partial charge is 0.493 e. The highest BCUT2D eigenvalue weighted by molar-refractivity contribution is 9.10. The molecule has 16 rings (SSSR count). The van der Waals surface area contributed by atoms with Gasteiger partial charge in [0.2, 0.25) is 0 Å². The minimum Gasteiger partial charge on any atom is -0.493 e. The van der Waals surface area contributed by atoms with Crippen LogP contribution in [0.5, 0.6) is 11.5 Å². The number of halogens is 1. The van der Waals surface area contributed by atoms with Gasteiger partial charge in [-0.25, -0.2) is 30.0 Å². The number of unbranched alkanes of at least 4 members (excludes halogenated alkanes) is 19. The maximum Gasteiger partial charge on any atom is 0.589 e. The van der Waals surface area contributed by atoms with Gasteiger partial charge in [0.25, 0.3) is 0 Å². The second-order valence-corrected chi connectivity index (χ2v) is 46.6. The standard InChI is InChI=1S/C102H111BrN8O4S6Si2/c1-6-11-16-21-23-43-66-113-79-71-78(103)94(114-67-44-24-22-17-12-7-2)93-86(79)99-106-95-87-80(116-72-48-31-25-32-49-72)60-61-81(117-73-50-33-26-34-51-73)88(87)96(104-95)107-100-91-84(120-76-56-39-29-40-57-76)64-65-85(121-77-58-41-30-42-59-77)92(91)101-108-97-89-82(118-74-52-35-27-36-53-74)62-63-83(119-75-54-37-28-38-55-75)90(89)98(105-97)109-102(93)110(99)123(112,111(100)101)115-122(68-45-18-13-8-3,69-46-19-14-9-4)70-47-20-15-10-5/h25-42,48-65,71,112H,6-24,43-47,66-70H2,1-5H3. The Labute approximate surface area is 762 Å². The molecule has 634 valence electrons. The normalized spacial score (nSPS) is 14.4. The number of fused-ring (bicyclic) bond motifs is 14. The number of hydrogen-bond donors (Lipinski definition) is 1. The predicted octanol–water partition coefficient (Wildman–Crippen LogP) is 30.2. The van der Waals surface area contributed by atoms with Gasteiger partial charge in [-0.2, -0.15) is 0 Å². The molecule has 4 aliphatic rings. The molecule has 10 aromatic carbocycles. The monoisotopic (exact) mass is 1840 g/mol.